The minimum atomic E-state index is 0.325. The van der Waals surface area contributed by atoms with Crippen molar-refractivity contribution in [1.82, 2.24) is 9.97 Å². The number of nitrogens with zero attached hydrogens (tertiary/aromatic N) is 2. The topological polar surface area (TPSA) is 44.2 Å². The number of aromatic nitrogens is 2. The standard InChI is InChI=1S/C15H17ClN2O2/c1-3-8-20-13-7-5-4-6-11(13)12-9-14(16)18-15(17-12)10-19-2/h4-7,9H,3,8,10H2,1-2H3. The number of hydrogen-bond acceptors (Lipinski definition) is 4. The van der Waals surface area contributed by atoms with Gasteiger partial charge in [-0.15, -0.1) is 0 Å². The molecule has 0 aliphatic rings. The van der Waals surface area contributed by atoms with E-state index in [0.29, 0.717) is 24.2 Å². The van der Waals surface area contributed by atoms with Gasteiger partial charge in [-0.2, -0.15) is 0 Å². The van der Waals surface area contributed by atoms with Crippen LogP contribution in [-0.4, -0.2) is 23.7 Å². The summed E-state index contributed by atoms with van der Waals surface area (Å²) < 4.78 is 10.8. The molecule has 0 amide bonds. The van der Waals surface area contributed by atoms with Crippen LogP contribution in [0.1, 0.15) is 19.2 Å². The second-order valence-electron chi connectivity index (χ2n) is 4.27. The van der Waals surface area contributed by atoms with Gasteiger partial charge in [-0.3, -0.25) is 0 Å². The quantitative estimate of drug-likeness (QED) is 0.761. The first kappa shape index (κ1) is 14.8. The molecule has 0 aliphatic carbocycles. The minimum Gasteiger partial charge on any atom is -0.493 e. The van der Waals surface area contributed by atoms with E-state index >= 15 is 0 Å². The van der Waals surface area contributed by atoms with Crippen molar-refractivity contribution in [3.63, 3.8) is 0 Å². The predicted molar refractivity (Wildman–Crippen MR) is 79.0 cm³/mol. The van der Waals surface area contributed by atoms with Crippen LogP contribution in [0.2, 0.25) is 5.15 Å². The molecular weight excluding hydrogens is 276 g/mol. The minimum absolute atomic E-state index is 0.325. The third kappa shape index (κ3) is 3.68. The highest BCUT2D eigenvalue weighted by Crippen LogP contribution is 2.29. The average molecular weight is 293 g/mol. The van der Waals surface area contributed by atoms with Gasteiger partial charge in [-0.25, -0.2) is 9.97 Å². The van der Waals surface area contributed by atoms with E-state index in [1.807, 2.05) is 24.3 Å². The Bertz CT molecular complexity index is 576. The Kier molecular flexibility index (Phi) is 5.32. The summed E-state index contributed by atoms with van der Waals surface area (Å²) in [5, 5.41) is 0.396. The Labute approximate surface area is 123 Å². The van der Waals surface area contributed by atoms with Gasteiger partial charge in [0.1, 0.15) is 17.5 Å². The van der Waals surface area contributed by atoms with Crippen LogP contribution in [0.5, 0.6) is 5.75 Å². The summed E-state index contributed by atoms with van der Waals surface area (Å²) in [6, 6.07) is 9.50. The molecule has 2 aromatic rings. The van der Waals surface area contributed by atoms with Gasteiger partial charge < -0.3 is 9.47 Å². The maximum absolute atomic E-state index is 6.04. The zero-order valence-corrected chi connectivity index (χ0v) is 12.4. The lowest BCUT2D eigenvalue weighted by Gasteiger charge is -2.11. The molecule has 1 aromatic carbocycles. The van der Waals surface area contributed by atoms with Crippen molar-refractivity contribution < 1.29 is 9.47 Å². The third-order valence-corrected chi connectivity index (χ3v) is 2.83. The van der Waals surface area contributed by atoms with Gasteiger partial charge in [-0.1, -0.05) is 30.7 Å². The van der Waals surface area contributed by atoms with E-state index in [1.54, 1.807) is 13.2 Å². The fourth-order valence-corrected chi connectivity index (χ4v) is 2.01. The average Bonchev–Trinajstić information content (AvgIpc) is 2.45. The second-order valence-corrected chi connectivity index (χ2v) is 4.66. The van der Waals surface area contributed by atoms with Gasteiger partial charge >= 0.3 is 0 Å². The zero-order valence-electron chi connectivity index (χ0n) is 11.6. The van der Waals surface area contributed by atoms with Crippen molar-refractivity contribution in [2.45, 2.75) is 20.0 Å². The highest BCUT2D eigenvalue weighted by Gasteiger charge is 2.10. The van der Waals surface area contributed by atoms with Crippen LogP contribution in [0.4, 0.5) is 0 Å². The normalized spacial score (nSPS) is 10.6. The SMILES string of the molecule is CCCOc1ccccc1-c1cc(Cl)nc(COC)n1. The maximum Gasteiger partial charge on any atom is 0.156 e. The molecular formula is C15H17ClN2O2. The molecule has 0 spiro atoms. The molecule has 0 saturated carbocycles. The number of benzene rings is 1. The van der Waals surface area contributed by atoms with Crippen molar-refractivity contribution >= 4 is 11.6 Å². The van der Waals surface area contributed by atoms with Crippen LogP contribution >= 0.6 is 11.6 Å². The molecule has 0 fully saturated rings. The number of rotatable bonds is 6. The van der Waals surface area contributed by atoms with E-state index in [4.69, 9.17) is 21.1 Å². The zero-order chi connectivity index (χ0) is 14.4. The molecule has 0 unspecified atom stereocenters. The molecule has 5 heteroatoms. The maximum atomic E-state index is 6.04. The second kappa shape index (κ2) is 7.22. The lowest BCUT2D eigenvalue weighted by Crippen LogP contribution is -2.01. The van der Waals surface area contributed by atoms with E-state index in [9.17, 15) is 0 Å². The van der Waals surface area contributed by atoms with E-state index in [-0.39, 0.29) is 0 Å². The Hall–Kier alpha value is -1.65. The van der Waals surface area contributed by atoms with Crippen LogP contribution < -0.4 is 4.74 Å². The molecule has 0 aliphatic heterocycles. The number of halogens is 1. The number of ether oxygens (including phenoxy) is 2. The summed E-state index contributed by atoms with van der Waals surface area (Å²) in [6.45, 7) is 3.06. The van der Waals surface area contributed by atoms with Crippen molar-refractivity contribution in [1.29, 1.82) is 0 Å². The van der Waals surface area contributed by atoms with E-state index in [2.05, 4.69) is 16.9 Å². The summed E-state index contributed by atoms with van der Waals surface area (Å²) in [6.07, 6.45) is 0.952. The molecule has 1 aromatic heterocycles. The number of methoxy groups -OCH3 is 1. The molecule has 2 rings (SSSR count). The summed E-state index contributed by atoms with van der Waals surface area (Å²) in [7, 11) is 1.60. The van der Waals surface area contributed by atoms with Gasteiger partial charge in [0.25, 0.3) is 0 Å². The summed E-state index contributed by atoms with van der Waals surface area (Å²) in [5.41, 5.74) is 1.64. The van der Waals surface area contributed by atoms with Crippen LogP contribution in [0.3, 0.4) is 0 Å². The van der Waals surface area contributed by atoms with Gasteiger partial charge in [0, 0.05) is 18.7 Å². The van der Waals surface area contributed by atoms with Gasteiger partial charge in [0.15, 0.2) is 5.82 Å². The summed E-state index contributed by atoms with van der Waals surface area (Å²) in [4.78, 5) is 8.59. The third-order valence-electron chi connectivity index (χ3n) is 2.64. The highest BCUT2D eigenvalue weighted by atomic mass is 35.5. The molecule has 20 heavy (non-hydrogen) atoms. The van der Waals surface area contributed by atoms with Gasteiger partial charge in [-0.05, 0) is 18.6 Å². The van der Waals surface area contributed by atoms with E-state index in [0.717, 1.165) is 23.4 Å². The molecule has 0 N–H and O–H groups in total. The number of hydrogen-bond donors (Lipinski definition) is 0. The molecule has 0 atom stereocenters. The Morgan fingerprint density at radius 3 is 2.75 bits per heavy atom. The summed E-state index contributed by atoms with van der Waals surface area (Å²) >= 11 is 6.04. The fourth-order valence-electron chi connectivity index (χ4n) is 1.81. The molecule has 1 heterocycles. The largest absolute Gasteiger partial charge is 0.493 e. The highest BCUT2D eigenvalue weighted by molar-refractivity contribution is 6.29. The monoisotopic (exact) mass is 292 g/mol. The fraction of sp³-hybridized carbons (Fsp3) is 0.333. The first-order chi connectivity index (χ1) is 9.74. The van der Waals surface area contributed by atoms with Crippen LogP contribution in [0.25, 0.3) is 11.3 Å². The van der Waals surface area contributed by atoms with Crippen molar-refractivity contribution in [3.8, 4) is 17.0 Å². The first-order valence-electron chi connectivity index (χ1n) is 6.49. The van der Waals surface area contributed by atoms with Crippen LogP contribution in [0, 0.1) is 0 Å². The van der Waals surface area contributed by atoms with Gasteiger partial charge in [0.05, 0.1) is 12.3 Å². The van der Waals surface area contributed by atoms with Crippen molar-refractivity contribution in [2.75, 3.05) is 13.7 Å². The Morgan fingerprint density at radius 1 is 1.20 bits per heavy atom. The first-order valence-corrected chi connectivity index (χ1v) is 6.87. The van der Waals surface area contributed by atoms with E-state index < -0.39 is 0 Å². The van der Waals surface area contributed by atoms with Gasteiger partial charge in [0.2, 0.25) is 0 Å². The van der Waals surface area contributed by atoms with Crippen LogP contribution in [-0.2, 0) is 11.3 Å². The lowest BCUT2D eigenvalue weighted by molar-refractivity contribution is 0.178. The smallest absolute Gasteiger partial charge is 0.156 e. The Morgan fingerprint density at radius 2 is 2.00 bits per heavy atom. The lowest BCUT2D eigenvalue weighted by atomic mass is 10.1. The molecule has 4 nitrogen and oxygen atoms in total. The molecule has 0 bridgehead atoms. The summed E-state index contributed by atoms with van der Waals surface area (Å²) in [5.74, 6) is 1.35. The van der Waals surface area contributed by atoms with Crippen molar-refractivity contribution in [3.05, 3.63) is 41.3 Å². The number of para-hydroxylation sites is 1. The van der Waals surface area contributed by atoms with E-state index in [1.165, 1.54) is 0 Å². The van der Waals surface area contributed by atoms with Crippen LogP contribution in [0.15, 0.2) is 30.3 Å². The van der Waals surface area contributed by atoms with Crippen molar-refractivity contribution in [2.24, 2.45) is 0 Å². The predicted octanol–water partition coefficient (Wildman–Crippen LogP) is 3.73. The molecule has 106 valence electrons. The Balaban J connectivity index is 2.40. The molecule has 0 saturated heterocycles. The molecule has 0 radical (unpaired) electrons.